The molecule has 0 aliphatic carbocycles. The summed E-state index contributed by atoms with van der Waals surface area (Å²) < 4.78 is 0. The van der Waals surface area contributed by atoms with Gasteiger partial charge in [-0.05, 0) is 38.7 Å². The molecule has 1 aromatic rings. The van der Waals surface area contributed by atoms with Crippen molar-refractivity contribution in [2.45, 2.75) is 23.6 Å². The monoisotopic (exact) mass is 236 g/mol. The summed E-state index contributed by atoms with van der Waals surface area (Å²) in [6, 6.07) is 6.27. The van der Waals surface area contributed by atoms with E-state index in [0.29, 0.717) is 0 Å². The molecule has 16 heavy (non-hydrogen) atoms. The van der Waals surface area contributed by atoms with E-state index in [-0.39, 0.29) is 11.2 Å². The van der Waals surface area contributed by atoms with Crippen molar-refractivity contribution in [1.82, 2.24) is 4.90 Å². The summed E-state index contributed by atoms with van der Waals surface area (Å²) in [5.41, 5.74) is 2.17. The van der Waals surface area contributed by atoms with Crippen LogP contribution in [0.1, 0.15) is 12.5 Å². The van der Waals surface area contributed by atoms with Gasteiger partial charge in [0.15, 0.2) is 0 Å². The Kier molecular flexibility index (Phi) is 3.21. The minimum absolute atomic E-state index is 0.00667. The predicted molar refractivity (Wildman–Crippen MR) is 67.8 cm³/mol. The molecule has 4 heteroatoms. The lowest BCUT2D eigenvalue weighted by Crippen LogP contribution is -2.26. The highest BCUT2D eigenvalue weighted by Gasteiger charge is 2.22. The smallest absolute Gasteiger partial charge is 0.237 e. The zero-order chi connectivity index (χ0) is 11.7. The quantitative estimate of drug-likeness (QED) is 0.854. The predicted octanol–water partition coefficient (Wildman–Crippen LogP) is 2.18. The Hall–Kier alpha value is -1.00. The minimum Gasteiger partial charge on any atom is -0.324 e. The van der Waals surface area contributed by atoms with Gasteiger partial charge in [-0.1, -0.05) is 6.07 Å². The number of amides is 1. The van der Waals surface area contributed by atoms with Crippen molar-refractivity contribution in [2.75, 3.05) is 19.4 Å². The second-order valence-electron chi connectivity index (χ2n) is 4.32. The van der Waals surface area contributed by atoms with Gasteiger partial charge in [-0.15, -0.1) is 11.8 Å². The normalized spacial score (nSPS) is 19.5. The highest BCUT2D eigenvalue weighted by molar-refractivity contribution is 8.00. The molecule has 0 radical (unpaired) electrons. The number of benzene rings is 1. The number of hydrogen-bond acceptors (Lipinski definition) is 3. The summed E-state index contributed by atoms with van der Waals surface area (Å²) in [4.78, 5) is 14.8. The van der Waals surface area contributed by atoms with Crippen LogP contribution in [0.3, 0.4) is 0 Å². The Morgan fingerprint density at radius 3 is 2.88 bits per heavy atom. The summed E-state index contributed by atoms with van der Waals surface area (Å²) in [6.45, 7) is 2.82. The Labute approximate surface area is 100 Å². The standard InChI is InChI=1S/C12H16N2OS/c1-8-12(15)13-10-6-9(7-14(2)3)4-5-11(10)16-8/h4-6,8H,7H2,1-3H3,(H,13,15). The number of rotatable bonds is 2. The van der Waals surface area contributed by atoms with E-state index in [1.807, 2.05) is 21.0 Å². The van der Waals surface area contributed by atoms with Crippen LogP contribution in [0.5, 0.6) is 0 Å². The van der Waals surface area contributed by atoms with Gasteiger partial charge in [-0.2, -0.15) is 0 Å². The molecule has 0 spiro atoms. The van der Waals surface area contributed by atoms with Crippen LogP contribution in [-0.2, 0) is 11.3 Å². The van der Waals surface area contributed by atoms with Crippen LogP contribution in [0.2, 0.25) is 0 Å². The number of nitrogens with zero attached hydrogens (tertiary/aromatic N) is 1. The fourth-order valence-corrected chi connectivity index (χ4v) is 2.65. The summed E-state index contributed by atoms with van der Waals surface area (Å²) in [5.74, 6) is 0.0968. The lowest BCUT2D eigenvalue weighted by atomic mass is 10.2. The van der Waals surface area contributed by atoms with Gasteiger partial charge in [0.1, 0.15) is 0 Å². The zero-order valence-electron chi connectivity index (χ0n) is 9.78. The molecule has 1 unspecified atom stereocenters. The third-order valence-electron chi connectivity index (χ3n) is 2.47. The van der Waals surface area contributed by atoms with Gasteiger partial charge in [0, 0.05) is 11.4 Å². The van der Waals surface area contributed by atoms with E-state index in [4.69, 9.17) is 0 Å². The molecule has 1 atom stereocenters. The van der Waals surface area contributed by atoms with Crippen molar-refractivity contribution in [2.24, 2.45) is 0 Å². The van der Waals surface area contributed by atoms with Gasteiger partial charge >= 0.3 is 0 Å². The number of nitrogens with one attached hydrogen (secondary N) is 1. The van der Waals surface area contributed by atoms with Crippen molar-refractivity contribution >= 4 is 23.4 Å². The largest absolute Gasteiger partial charge is 0.324 e. The Morgan fingerprint density at radius 2 is 2.19 bits per heavy atom. The van der Waals surface area contributed by atoms with Crippen LogP contribution < -0.4 is 5.32 Å². The first-order valence-electron chi connectivity index (χ1n) is 5.31. The molecule has 0 fully saturated rings. The van der Waals surface area contributed by atoms with Crippen LogP contribution in [0.4, 0.5) is 5.69 Å². The summed E-state index contributed by atoms with van der Waals surface area (Å²) in [7, 11) is 4.07. The van der Waals surface area contributed by atoms with Crippen molar-refractivity contribution < 1.29 is 4.79 Å². The van der Waals surface area contributed by atoms with E-state index in [1.165, 1.54) is 5.56 Å². The molecular weight excluding hydrogens is 220 g/mol. The maximum atomic E-state index is 11.5. The molecule has 1 aromatic carbocycles. The molecular formula is C12H16N2OS. The van der Waals surface area contributed by atoms with E-state index >= 15 is 0 Å². The third-order valence-corrected chi connectivity index (χ3v) is 3.65. The fraction of sp³-hybridized carbons (Fsp3) is 0.417. The van der Waals surface area contributed by atoms with Crippen LogP contribution in [0.25, 0.3) is 0 Å². The summed E-state index contributed by atoms with van der Waals surface area (Å²) in [5, 5.41) is 2.95. The van der Waals surface area contributed by atoms with Gasteiger partial charge in [0.2, 0.25) is 5.91 Å². The number of carbonyl (C=O) groups excluding carboxylic acids is 1. The van der Waals surface area contributed by atoms with E-state index in [0.717, 1.165) is 17.1 Å². The van der Waals surface area contributed by atoms with E-state index < -0.39 is 0 Å². The van der Waals surface area contributed by atoms with Crippen LogP contribution >= 0.6 is 11.8 Å². The molecule has 0 saturated carbocycles. The van der Waals surface area contributed by atoms with Crippen molar-refractivity contribution in [3.8, 4) is 0 Å². The average Bonchev–Trinajstić information content (AvgIpc) is 2.19. The van der Waals surface area contributed by atoms with Crippen molar-refractivity contribution in [1.29, 1.82) is 0 Å². The van der Waals surface area contributed by atoms with Gasteiger partial charge in [-0.3, -0.25) is 4.79 Å². The molecule has 1 amide bonds. The Bertz CT molecular complexity index is 417. The van der Waals surface area contributed by atoms with Gasteiger partial charge < -0.3 is 10.2 Å². The number of anilines is 1. The van der Waals surface area contributed by atoms with Crippen molar-refractivity contribution in [3.05, 3.63) is 23.8 Å². The summed E-state index contributed by atoms with van der Waals surface area (Å²) >= 11 is 1.62. The van der Waals surface area contributed by atoms with Gasteiger partial charge in [0.05, 0.1) is 10.9 Å². The minimum atomic E-state index is 0.00667. The first-order valence-corrected chi connectivity index (χ1v) is 6.19. The van der Waals surface area contributed by atoms with E-state index in [9.17, 15) is 4.79 Å². The lowest BCUT2D eigenvalue weighted by Gasteiger charge is -2.22. The van der Waals surface area contributed by atoms with Gasteiger partial charge in [0.25, 0.3) is 0 Å². The fourth-order valence-electron chi connectivity index (χ4n) is 1.72. The van der Waals surface area contributed by atoms with Gasteiger partial charge in [-0.25, -0.2) is 0 Å². The second kappa shape index (κ2) is 4.47. The molecule has 1 aliphatic rings. The first-order chi connectivity index (χ1) is 7.56. The average molecular weight is 236 g/mol. The number of carbonyl (C=O) groups is 1. The molecule has 1 N–H and O–H groups in total. The highest BCUT2D eigenvalue weighted by Crippen LogP contribution is 2.35. The van der Waals surface area contributed by atoms with Crippen molar-refractivity contribution in [3.63, 3.8) is 0 Å². The van der Waals surface area contributed by atoms with E-state index in [1.54, 1.807) is 11.8 Å². The topological polar surface area (TPSA) is 32.3 Å². The number of hydrogen-bond donors (Lipinski definition) is 1. The molecule has 0 aromatic heterocycles. The molecule has 2 rings (SSSR count). The summed E-state index contributed by atoms with van der Waals surface area (Å²) in [6.07, 6.45) is 0. The molecule has 86 valence electrons. The van der Waals surface area contributed by atoms with E-state index in [2.05, 4.69) is 28.4 Å². The molecule has 1 aliphatic heterocycles. The molecule has 0 bridgehead atoms. The third kappa shape index (κ3) is 2.39. The molecule has 3 nitrogen and oxygen atoms in total. The van der Waals surface area contributed by atoms with Crippen LogP contribution in [0, 0.1) is 0 Å². The Balaban J connectivity index is 2.25. The van der Waals surface area contributed by atoms with Crippen LogP contribution in [0.15, 0.2) is 23.1 Å². The number of fused-ring (bicyclic) bond motifs is 1. The molecule has 0 saturated heterocycles. The number of thioether (sulfide) groups is 1. The SMILES string of the molecule is CC1Sc2ccc(CN(C)C)cc2NC1=O. The van der Waals surface area contributed by atoms with Crippen LogP contribution in [-0.4, -0.2) is 30.2 Å². The maximum Gasteiger partial charge on any atom is 0.237 e. The lowest BCUT2D eigenvalue weighted by molar-refractivity contribution is -0.115. The maximum absolute atomic E-state index is 11.5. The second-order valence-corrected chi connectivity index (χ2v) is 5.70. The molecule has 1 heterocycles. The zero-order valence-corrected chi connectivity index (χ0v) is 10.6. The first kappa shape index (κ1) is 11.5. The highest BCUT2D eigenvalue weighted by atomic mass is 32.2. The Morgan fingerprint density at radius 1 is 1.44 bits per heavy atom.